The first-order valence-corrected chi connectivity index (χ1v) is 9.63. The third kappa shape index (κ3) is 5.54. The van der Waals surface area contributed by atoms with Crippen LogP contribution in [-0.4, -0.2) is 34.6 Å². The third-order valence-electron chi connectivity index (χ3n) is 4.59. The molecule has 0 aromatic heterocycles. The molecule has 0 aliphatic rings. The number of carbonyl (C=O) groups excluding carboxylic acids is 2. The predicted octanol–water partition coefficient (Wildman–Crippen LogP) is 2.70. The molecule has 0 heterocycles. The second-order valence-electron chi connectivity index (χ2n) is 6.74. The van der Waals surface area contributed by atoms with Gasteiger partial charge in [-0.2, -0.15) is 5.10 Å². The van der Waals surface area contributed by atoms with Gasteiger partial charge in [0.25, 0.3) is 5.91 Å². The average molecular weight is 432 g/mol. The fourth-order valence-electron chi connectivity index (χ4n) is 3.07. The molecule has 0 saturated carbocycles. The summed E-state index contributed by atoms with van der Waals surface area (Å²) in [5.41, 5.74) is 3.39. The van der Waals surface area contributed by atoms with Crippen LogP contribution in [-0.2, 0) is 9.59 Å². The lowest BCUT2D eigenvalue weighted by atomic mass is 9.90. The molecule has 0 unspecified atom stereocenters. The lowest BCUT2D eigenvalue weighted by Crippen LogP contribution is -2.37. The van der Waals surface area contributed by atoms with E-state index in [1.54, 1.807) is 0 Å². The minimum atomic E-state index is -0.726. The highest BCUT2D eigenvalue weighted by Crippen LogP contribution is 2.28. The minimum Gasteiger partial charge on any atom is -0.502 e. The molecule has 3 aromatic rings. The fourth-order valence-corrected chi connectivity index (χ4v) is 3.07. The number of benzene rings is 3. The minimum absolute atomic E-state index is 0.0664. The molecule has 162 valence electrons. The number of phenolic OH excluding ortho intramolecular Hbond substituents is 1. The van der Waals surface area contributed by atoms with Crippen LogP contribution in [0.5, 0.6) is 5.75 Å². The molecular weight excluding hydrogens is 412 g/mol. The van der Waals surface area contributed by atoms with Crippen LogP contribution < -0.4 is 10.7 Å². The molecular formula is C23H20N4O5. The predicted molar refractivity (Wildman–Crippen MR) is 118 cm³/mol. The average Bonchev–Trinajstić information content (AvgIpc) is 2.80. The highest BCUT2D eigenvalue weighted by molar-refractivity contribution is 5.91. The summed E-state index contributed by atoms with van der Waals surface area (Å²) in [6, 6.07) is 22.4. The van der Waals surface area contributed by atoms with Crippen molar-refractivity contribution in [3.63, 3.8) is 0 Å². The van der Waals surface area contributed by atoms with Crippen LogP contribution in [0.4, 0.5) is 5.69 Å². The zero-order valence-corrected chi connectivity index (χ0v) is 16.8. The van der Waals surface area contributed by atoms with E-state index in [0.717, 1.165) is 23.4 Å². The van der Waals surface area contributed by atoms with Crippen LogP contribution in [0.1, 0.15) is 22.6 Å². The van der Waals surface area contributed by atoms with Crippen LogP contribution in [0.2, 0.25) is 0 Å². The van der Waals surface area contributed by atoms with Crippen molar-refractivity contribution in [3.8, 4) is 5.75 Å². The number of nitro groups is 1. The number of nitro benzene ring substituents is 1. The maximum atomic E-state index is 12.9. The van der Waals surface area contributed by atoms with Crippen molar-refractivity contribution in [2.24, 2.45) is 5.10 Å². The Morgan fingerprint density at radius 1 is 0.969 bits per heavy atom. The Labute approximate surface area is 183 Å². The molecule has 9 nitrogen and oxygen atoms in total. The summed E-state index contributed by atoms with van der Waals surface area (Å²) in [4.78, 5) is 35.1. The third-order valence-corrected chi connectivity index (χ3v) is 4.59. The van der Waals surface area contributed by atoms with Crippen LogP contribution >= 0.6 is 0 Å². The Balaban J connectivity index is 1.62. The first-order valence-electron chi connectivity index (χ1n) is 9.63. The number of hydrogen-bond acceptors (Lipinski definition) is 6. The molecule has 3 N–H and O–H groups in total. The lowest BCUT2D eigenvalue weighted by Gasteiger charge is -2.17. The number of amides is 2. The van der Waals surface area contributed by atoms with Gasteiger partial charge < -0.3 is 10.4 Å². The van der Waals surface area contributed by atoms with E-state index in [1.165, 1.54) is 12.1 Å². The maximum absolute atomic E-state index is 12.9. The van der Waals surface area contributed by atoms with Gasteiger partial charge in [0.2, 0.25) is 11.7 Å². The monoisotopic (exact) mass is 432 g/mol. The molecule has 0 aliphatic carbocycles. The molecule has 32 heavy (non-hydrogen) atoms. The van der Waals surface area contributed by atoms with Crippen molar-refractivity contribution in [1.82, 2.24) is 10.7 Å². The first-order chi connectivity index (χ1) is 15.5. The van der Waals surface area contributed by atoms with Crippen LogP contribution in [0.3, 0.4) is 0 Å². The number of nitrogens with one attached hydrogen (secondary N) is 2. The zero-order valence-electron chi connectivity index (χ0n) is 16.8. The number of rotatable bonds is 8. The van der Waals surface area contributed by atoms with Gasteiger partial charge in [0, 0.05) is 11.6 Å². The molecule has 0 spiro atoms. The van der Waals surface area contributed by atoms with Gasteiger partial charge >= 0.3 is 5.69 Å². The number of para-hydroxylation sites is 1. The fraction of sp³-hybridized carbons (Fsp3) is 0.0870. The van der Waals surface area contributed by atoms with E-state index in [9.17, 15) is 24.8 Å². The molecule has 9 heteroatoms. The summed E-state index contributed by atoms with van der Waals surface area (Å²) in [6.07, 6.45) is 1.08. The largest absolute Gasteiger partial charge is 0.502 e. The number of hydrazone groups is 1. The number of nitrogens with zero attached hydrogens (tertiary/aromatic N) is 2. The van der Waals surface area contributed by atoms with E-state index in [0.29, 0.717) is 0 Å². The Bertz CT molecular complexity index is 1090. The van der Waals surface area contributed by atoms with E-state index in [1.807, 2.05) is 60.7 Å². The van der Waals surface area contributed by atoms with Gasteiger partial charge in [-0.15, -0.1) is 0 Å². The molecule has 0 atom stereocenters. The molecule has 0 radical (unpaired) electrons. The molecule has 0 fully saturated rings. The number of phenols is 1. The quantitative estimate of drug-likeness (QED) is 0.286. The molecule has 0 bridgehead atoms. The molecule has 0 aliphatic heterocycles. The van der Waals surface area contributed by atoms with Gasteiger partial charge in [0.1, 0.15) is 0 Å². The molecule has 2 amide bonds. The second kappa shape index (κ2) is 10.5. The Morgan fingerprint density at radius 2 is 1.56 bits per heavy atom. The number of hydrogen-bond donors (Lipinski definition) is 3. The van der Waals surface area contributed by atoms with E-state index >= 15 is 0 Å². The van der Waals surface area contributed by atoms with Gasteiger partial charge in [-0.25, -0.2) is 5.43 Å². The van der Waals surface area contributed by atoms with E-state index < -0.39 is 28.2 Å². The van der Waals surface area contributed by atoms with Crippen LogP contribution in [0.15, 0.2) is 84.0 Å². The number of carbonyl (C=O) groups is 2. The Morgan fingerprint density at radius 3 is 2.12 bits per heavy atom. The van der Waals surface area contributed by atoms with E-state index in [4.69, 9.17) is 0 Å². The van der Waals surface area contributed by atoms with Gasteiger partial charge in [-0.1, -0.05) is 66.7 Å². The van der Waals surface area contributed by atoms with E-state index in [-0.39, 0.29) is 18.0 Å². The van der Waals surface area contributed by atoms with E-state index in [2.05, 4.69) is 15.8 Å². The summed E-state index contributed by atoms with van der Waals surface area (Å²) in [5.74, 6) is -2.09. The SMILES string of the molecule is O=C(CNC(=O)C(c1ccccc1)c1ccccc1)N/N=C\c1cccc([N+](=O)[O-])c1O. The highest BCUT2D eigenvalue weighted by atomic mass is 16.6. The summed E-state index contributed by atoms with van der Waals surface area (Å²) in [6.45, 7) is -0.326. The summed E-state index contributed by atoms with van der Waals surface area (Å²) < 4.78 is 0. The zero-order chi connectivity index (χ0) is 22.9. The van der Waals surface area contributed by atoms with Crippen molar-refractivity contribution in [3.05, 3.63) is 106 Å². The maximum Gasteiger partial charge on any atom is 0.311 e. The molecule has 0 saturated heterocycles. The summed E-state index contributed by atoms with van der Waals surface area (Å²) >= 11 is 0. The van der Waals surface area contributed by atoms with Crippen molar-refractivity contribution in [1.29, 1.82) is 0 Å². The first kappa shape index (κ1) is 22.2. The topological polar surface area (TPSA) is 134 Å². The normalized spacial score (nSPS) is 10.8. The highest BCUT2D eigenvalue weighted by Gasteiger charge is 2.22. The Hall–Kier alpha value is -4.53. The van der Waals surface area contributed by atoms with Gasteiger partial charge in [0.05, 0.1) is 23.6 Å². The number of aromatic hydroxyl groups is 1. The molecule has 3 rings (SSSR count). The second-order valence-corrected chi connectivity index (χ2v) is 6.74. The van der Waals surface area contributed by atoms with Gasteiger partial charge in [-0.05, 0) is 17.2 Å². The van der Waals surface area contributed by atoms with Gasteiger partial charge in [-0.3, -0.25) is 19.7 Å². The van der Waals surface area contributed by atoms with Crippen molar-refractivity contribution < 1.29 is 19.6 Å². The summed E-state index contributed by atoms with van der Waals surface area (Å²) in [5, 5.41) is 27.0. The molecule has 3 aromatic carbocycles. The lowest BCUT2D eigenvalue weighted by molar-refractivity contribution is -0.385. The Kier molecular flexibility index (Phi) is 7.26. The van der Waals surface area contributed by atoms with Gasteiger partial charge in [0.15, 0.2) is 0 Å². The smallest absolute Gasteiger partial charge is 0.311 e. The van der Waals surface area contributed by atoms with Crippen molar-refractivity contribution in [2.75, 3.05) is 6.54 Å². The van der Waals surface area contributed by atoms with Crippen molar-refractivity contribution >= 4 is 23.7 Å². The summed E-state index contributed by atoms with van der Waals surface area (Å²) in [7, 11) is 0. The van der Waals surface area contributed by atoms with Crippen LogP contribution in [0.25, 0.3) is 0 Å². The standard InChI is InChI=1S/C23H20N4O5/c28-20(26-25-14-18-12-7-13-19(22(18)29)27(31)32)15-24-23(30)21(16-8-3-1-4-9-16)17-10-5-2-6-11-17/h1-14,21,29H,15H2,(H,24,30)(H,26,28)/b25-14-. The van der Waals surface area contributed by atoms with Crippen LogP contribution in [0, 0.1) is 10.1 Å². The van der Waals surface area contributed by atoms with Crippen molar-refractivity contribution in [2.45, 2.75) is 5.92 Å².